The highest BCUT2D eigenvalue weighted by molar-refractivity contribution is 5.96. The van der Waals surface area contributed by atoms with Crippen LogP contribution in [0.5, 0.6) is 5.75 Å². The van der Waals surface area contributed by atoms with Gasteiger partial charge in [-0.3, -0.25) is 9.47 Å². The minimum Gasteiger partial charge on any atom is -0.406 e. The van der Waals surface area contributed by atoms with Gasteiger partial charge >= 0.3 is 12.4 Å². The number of alkyl halides is 3. The fourth-order valence-electron chi connectivity index (χ4n) is 4.80. The number of halogens is 7. The van der Waals surface area contributed by atoms with Crippen LogP contribution in [0.15, 0.2) is 54.7 Å². The number of carbonyl (C=O) groups is 1. The summed E-state index contributed by atoms with van der Waals surface area (Å²) in [5.74, 6) is -5.38. The molecular weight excluding hydrogens is 557 g/mol. The molecule has 0 radical (unpaired) electrons. The molecule has 214 valence electrons. The van der Waals surface area contributed by atoms with Gasteiger partial charge in [0.15, 0.2) is 17.5 Å². The minimum atomic E-state index is -4.93. The van der Waals surface area contributed by atoms with Crippen molar-refractivity contribution in [3.63, 3.8) is 0 Å². The summed E-state index contributed by atoms with van der Waals surface area (Å²) < 4.78 is 97.8. The summed E-state index contributed by atoms with van der Waals surface area (Å²) in [5, 5.41) is 3.21. The van der Waals surface area contributed by atoms with Crippen molar-refractivity contribution in [3.8, 4) is 5.75 Å². The number of nitrogens with one attached hydrogen (secondary N) is 1. The maximum atomic E-state index is 13.5. The van der Waals surface area contributed by atoms with E-state index in [0.29, 0.717) is 48.3 Å². The lowest BCUT2D eigenvalue weighted by Crippen LogP contribution is -2.34. The van der Waals surface area contributed by atoms with Crippen molar-refractivity contribution in [3.05, 3.63) is 101 Å². The molecule has 0 saturated carbocycles. The van der Waals surface area contributed by atoms with Crippen LogP contribution in [-0.4, -0.2) is 39.9 Å². The number of benzene rings is 2. The number of aromatic nitrogens is 2. The molecule has 2 aromatic heterocycles. The second-order valence-corrected chi connectivity index (χ2v) is 9.32. The third kappa shape index (κ3) is 6.35. The molecule has 41 heavy (non-hydrogen) atoms. The summed E-state index contributed by atoms with van der Waals surface area (Å²) >= 11 is 0. The molecule has 6 nitrogen and oxygen atoms in total. The lowest BCUT2D eigenvalue weighted by atomic mass is 10.0. The Kier molecular flexibility index (Phi) is 7.72. The lowest BCUT2D eigenvalue weighted by Gasteiger charge is -2.27. The van der Waals surface area contributed by atoms with Crippen molar-refractivity contribution < 1.29 is 40.3 Å². The summed E-state index contributed by atoms with van der Waals surface area (Å²) in [6.07, 6.45) is -0.244. The Hall–Kier alpha value is -4.39. The molecule has 0 unspecified atom stereocenters. The van der Waals surface area contributed by atoms with Crippen LogP contribution in [0.3, 0.4) is 0 Å². The van der Waals surface area contributed by atoms with E-state index in [1.807, 2.05) is 4.90 Å². The first-order valence-corrected chi connectivity index (χ1v) is 12.3. The Morgan fingerprint density at radius 3 is 2.51 bits per heavy atom. The molecule has 0 atom stereocenters. The Balaban J connectivity index is 1.42. The lowest BCUT2D eigenvalue weighted by molar-refractivity contribution is -0.274. The first-order chi connectivity index (χ1) is 19.5. The molecule has 3 heterocycles. The number of carbonyl (C=O) groups excluding carboxylic acids is 1. The zero-order valence-corrected chi connectivity index (χ0v) is 21.1. The molecule has 0 fully saturated rings. The second-order valence-electron chi connectivity index (χ2n) is 9.32. The molecular formula is C28H21F7N4O2. The number of amides is 1. The SMILES string of the molecule is O=C(NCc1ccnc(F)c1)n1c2c(c3ccc(OC(F)(F)F)cc31)CN(C/C=C/c1cc(F)c(F)c(F)c1)CC2. The van der Waals surface area contributed by atoms with E-state index in [1.54, 1.807) is 6.08 Å². The highest BCUT2D eigenvalue weighted by Gasteiger charge is 2.32. The van der Waals surface area contributed by atoms with Gasteiger partial charge in [0.2, 0.25) is 5.95 Å². The average molecular weight is 578 g/mol. The van der Waals surface area contributed by atoms with Crippen molar-refractivity contribution in [1.29, 1.82) is 0 Å². The average Bonchev–Trinajstić information content (AvgIpc) is 3.22. The smallest absolute Gasteiger partial charge is 0.406 e. The van der Waals surface area contributed by atoms with Gasteiger partial charge in [0.05, 0.1) is 5.52 Å². The molecule has 0 spiro atoms. The van der Waals surface area contributed by atoms with Crippen molar-refractivity contribution >= 4 is 23.0 Å². The van der Waals surface area contributed by atoms with E-state index in [1.165, 1.54) is 29.0 Å². The maximum absolute atomic E-state index is 13.5. The zero-order valence-electron chi connectivity index (χ0n) is 21.1. The molecule has 1 aliphatic heterocycles. The van der Waals surface area contributed by atoms with E-state index >= 15 is 0 Å². The second kappa shape index (κ2) is 11.2. The van der Waals surface area contributed by atoms with Crippen LogP contribution < -0.4 is 10.1 Å². The highest BCUT2D eigenvalue weighted by atomic mass is 19.4. The van der Waals surface area contributed by atoms with E-state index in [0.717, 1.165) is 30.3 Å². The number of pyridine rings is 1. The maximum Gasteiger partial charge on any atom is 0.573 e. The molecule has 5 rings (SSSR count). The van der Waals surface area contributed by atoms with Gasteiger partial charge in [-0.15, -0.1) is 13.2 Å². The third-order valence-electron chi connectivity index (χ3n) is 6.55. The number of fused-ring (bicyclic) bond motifs is 3. The van der Waals surface area contributed by atoms with Gasteiger partial charge in [0, 0.05) is 55.9 Å². The van der Waals surface area contributed by atoms with Gasteiger partial charge in [-0.2, -0.15) is 4.39 Å². The largest absolute Gasteiger partial charge is 0.573 e. The summed E-state index contributed by atoms with van der Waals surface area (Å²) in [7, 11) is 0. The molecule has 0 saturated heterocycles. The van der Waals surface area contributed by atoms with Gasteiger partial charge in [-0.25, -0.2) is 22.9 Å². The van der Waals surface area contributed by atoms with Gasteiger partial charge in [0.25, 0.3) is 0 Å². The fourth-order valence-corrected chi connectivity index (χ4v) is 4.80. The predicted molar refractivity (Wildman–Crippen MR) is 135 cm³/mol. The summed E-state index contributed by atoms with van der Waals surface area (Å²) in [6, 6.07) is 7.53. The molecule has 1 aliphatic rings. The van der Waals surface area contributed by atoms with Crippen LogP contribution >= 0.6 is 0 Å². The first-order valence-electron chi connectivity index (χ1n) is 12.3. The van der Waals surface area contributed by atoms with Crippen molar-refractivity contribution in [2.24, 2.45) is 0 Å². The number of hydrogen-bond acceptors (Lipinski definition) is 4. The monoisotopic (exact) mass is 578 g/mol. The predicted octanol–water partition coefficient (Wildman–Crippen LogP) is 6.32. The van der Waals surface area contributed by atoms with E-state index in [4.69, 9.17) is 0 Å². The molecule has 0 bridgehead atoms. The molecule has 4 aromatic rings. The third-order valence-corrected chi connectivity index (χ3v) is 6.55. The highest BCUT2D eigenvalue weighted by Crippen LogP contribution is 2.34. The molecule has 2 aromatic carbocycles. The van der Waals surface area contributed by atoms with E-state index in [9.17, 15) is 35.5 Å². The molecule has 13 heteroatoms. The molecule has 1 amide bonds. The number of nitrogens with zero attached hydrogens (tertiary/aromatic N) is 3. The van der Waals surface area contributed by atoms with Gasteiger partial charge in [-0.05, 0) is 53.1 Å². The van der Waals surface area contributed by atoms with Gasteiger partial charge in [-0.1, -0.05) is 12.2 Å². The van der Waals surface area contributed by atoms with Crippen LogP contribution in [0, 0.1) is 23.4 Å². The summed E-state index contributed by atoms with van der Waals surface area (Å²) in [5.41, 5.74) is 2.08. The minimum absolute atomic E-state index is 0.0487. The standard InChI is InChI=1S/C28H21F7N4O2/c29-21-10-16(11-22(30)26(21)32)2-1-8-38-9-6-23-20(15-38)19-4-3-18(41-28(33,34)35)13-24(19)39(23)27(40)37-14-17-5-7-36-25(31)12-17/h1-5,7,10-13H,6,8-9,14-15H2,(H,37,40)/b2-1+. The van der Waals surface area contributed by atoms with Crippen LogP contribution in [0.2, 0.25) is 0 Å². The molecule has 1 N–H and O–H groups in total. The summed E-state index contributed by atoms with van der Waals surface area (Å²) in [6.45, 7) is 1.06. The Bertz CT molecular complexity index is 1630. The Labute approximate surface area is 228 Å². The van der Waals surface area contributed by atoms with Crippen LogP contribution in [0.25, 0.3) is 17.0 Å². The summed E-state index contributed by atoms with van der Waals surface area (Å²) in [4.78, 5) is 18.7. The topological polar surface area (TPSA) is 59.4 Å². The van der Waals surface area contributed by atoms with Gasteiger partial charge in [0.1, 0.15) is 5.75 Å². The van der Waals surface area contributed by atoms with Crippen molar-refractivity contribution in [2.75, 3.05) is 13.1 Å². The quantitative estimate of drug-likeness (QED) is 0.165. The Morgan fingerprint density at radius 2 is 1.80 bits per heavy atom. The molecule has 0 aliphatic carbocycles. The van der Waals surface area contributed by atoms with Crippen molar-refractivity contribution in [2.45, 2.75) is 25.9 Å². The van der Waals surface area contributed by atoms with Crippen LogP contribution in [-0.2, 0) is 19.5 Å². The van der Waals surface area contributed by atoms with E-state index in [2.05, 4.69) is 15.0 Å². The van der Waals surface area contributed by atoms with E-state index in [-0.39, 0.29) is 17.6 Å². The van der Waals surface area contributed by atoms with Gasteiger partial charge < -0.3 is 10.1 Å². The van der Waals surface area contributed by atoms with Crippen LogP contribution in [0.4, 0.5) is 35.5 Å². The fraction of sp³-hybridized carbons (Fsp3) is 0.214. The van der Waals surface area contributed by atoms with E-state index < -0.39 is 41.5 Å². The number of hydrogen-bond donors (Lipinski definition) is 1. The Morgan fingerprint density at radius 1 is 1.05 bits per heavy atom. The number of rotatable bonds is 6. The van der Waals surface area contributed by atoms with Crippen molar-refractivity contribution in [1.82, 2.24) is 19.8 Å². The zero-order chi connectivity index (χ0) is 29.3. The normalized spacial score (nSPS) is 14.0. The van der Waals surface area contributed by atoms with Crippen LogP contribution in [0.1, 0.15) is 22.4 Å². The number of ether oxygens (including phenoxy) is 1. The first kappa shape index (κ1) is 28.1.